The normalized spacial score (nSPS) is 22.4. The van der Waals surface area contributed by atoms with Crippen LogP contribution in [0.3, 0.4) is 0 Å². The SMILES string of the molecule is CCO[C@H]1CN(C)C[C@@H]1n1cnc2cc(C(F)(F)F)ccc2c1=O. The third kappa shape index (κ3) is 3.03. The van der Waals surface area contributed by atoms with Crippen LogP contribution in [0.4, 0.5) is 13.2 Å². The molecule has 0 saturated carbocycles. The van der Waals surface area contributed by atoms with Crippen LogP contribution in [0.2, 0.25) is 0 Å². The molecule has 1 fully saturated rings. The van der Waals surface area contributed by atoms with Gasteiger partial charge in [0.2, 0.25) is 0 Å². The molecule has 5 nitrogen and oxygen atoms in total. The fraction of sp³-hybridized carbons (Fsp3) is 0.500. The summed E-state index contributed by atoms with van der Waals surface area (Å²) < 4.78 is 45.5. The van der Waals surface area contributed by atoms with Crippen molar-refractivity contribution < 1.29 is 17.9 Å². The number of ether oxygens (including phenoxy) is 1. The zero-order valence-corrected chi connectivity index (χ0v) is 13.4. The summed E-state index contributed by atoms with van der Waals surface area (Å²) in [5, 5.41) is 0.176. The van der Waals surface area contributed by atoms with Gasteiger partial charge in [-0.2, -0.15) is 13.2 Å². The fourth-order valence-electron chi connectivity index (χ4n) is 3.13. The van der Waals surface area contributed by atoms with Crippen LogP contribution in [0.5, 0.6) is 0 Å². The van der Waals surface area contributed by atoms with Crippen molar-refractivity contribution in [3.8, 4) is 0 Å². The first-order valence-corrected chi connectivity index (χ1v) is 7.69. The zero-order chi connectivity index (χ0) is 17.5. The number of likely N-dealkylation sites (N-methyl/N-ethyl adjacent to an activating group) is 1. The van der Waals surface area contributed by atoms with Crippen molar-refractivity contribution in [2.24, 2.45) is 0 Å². The summed E-state index contributed by atoms with van der Waals surface area (Å²) in [4.78, 5) is 18.8. The molecule has 2 heterocycles. The number of fused-ring (bicyclic) bond motifs is 1. The lowest BCUT2D eigenvalue weighted by Crippen LogP contribution is -2.33. The molecule has 1 saturated heterocycles. The number of nitrogens with zero attached hydrogens (tertiary/aromatic N) is 3. The number of alkyl halides is 3. The average molecular weight is 341 g/mol. The van der Waals surface area contributed by atoms with Crippen molar-refractivity contribution >= 4 is 10.9 Å². The molecule has 0 radical (unpaired) electrons. The van der Waals surface area contributed by atoms with Crippen molar-refractivity contribution in [2.75, 3.05) is 26.7 Å². The number of rotatable bonds is 3. The lowest BCUT2D eigenvalue weighted by Gasteiger charge is -2.20. The Bertz CT molecular complexity index is 803. The molecule has 0 unspecified atom stereocenters. The number of hydrogen-bond donors (Lipinski definition) is 0. The van der Waals surface area contributed by atoms with Gasteiger partial charge in [0.25, 0.3) is 5.56 Å². The van der Waals surface area contributed by atoms with Crippen LogP contribution >= 0.6 is 0 Å². The molecule has 0 amide bonds. The monoisotopic (exact) mass is 341 g/mol. The molecule has 1 aliphatic rings. The molecule has 2 aromatic rings. The summed E-state index contributed by atoms with van der Waals surface area (Å²) in [6.07, 6.45) is -3.29. The summed E-state index contributed by atoms with van der Waals surface area (Å²) in [5.41, 5.74) is -1.11. The van der Waals surface area contributed by atoms with Crippen molar-refractivity contribution in [3.05, 3.63) is 40.4 Å². The van der Waals surface area contributed by atoms with Gasteiger partial charge in [-0.25, -0.2) is 4.98 Å². The van der Waals surface area contributed by atoms with Crippen LogP contribution in [-0.4, -0.2) is 47.3 Å². The second-order valence-corrected chi connectivity index (χ2v) is 5.97. The molecule has 2 atom stereocenters. The fourth-order valence-corrected chi connectivity index (χ4v) is 3.13. The van der Waals surface area contributed by atoms with Crippen LogP contribution in [0, 0.1) is 0 Å². The van der Waals surface area contributed by atoms with Gasteiger partial charge >= 0.3 is 6.18 Å². The molecule has 3 rings (SSSR count). The molecule has 24 heavy (non-hydrogen) atoms. The lowest BCUT2D eigenvalue weighted by molar-refractivity contribution is -0.137. The minimum atomic E-state index is -4.46. The van der Waals surface area contributed by atoms with Gasteiger partial charge in [-0.05, 0) is 32.2 Å². The molecular formula is C16H18F3N3O2. The highest BCUT2D eigenvalue weighted by atomic mass is 19.4. The minimum Gasteiger partial charge on any atom is -0.375 e. The van der Waals surface area contributed by atoms with Gasteiger partial charge in [-0.3, -0.25) is 9.36 Å². The summed E-state index contributed by atoms with van der Waals surface area (Å²) in [5.74, 6) is 0. The topological polar surface area (TPSA) is 47.4 Å². The lowest BCUT2D eigenvalue weighted by atomic mass is 10.1. The van der Waals surface area contributed by atoms with Crippen LogP contribution in [0.15, 0.2) is 29.3 Å². The predicted molar refractivity (Wildman–Crippen MR) is 83.0 cm³/mol. The Balaban J connectivity index is 2.04. The van der Waals surface area contributed by atoms with Gasteiger partial charge in [-0.15, -0.1) is 0 Å². The Labute approximate surface area is 136 Å². The summed E-state index contributed by atoms with van der Waals surface area (Å²) in [6, 6.07) is 2.80. The largest absolute Gasteiger partial charge is 0.416 e. The number of hydrogen-bond acceptors (Lipinski definition) is 4. The van der Waals surface area contributed by atoms with E-state index in [0.717, 1.165) is 12.1 Å². The first-order valence-electron chi connectivity index (χ1n) is 7.69. The molecule has 1 aliphatic heterocycles. The Hall–Kier alpha value is -1.93. The van der Waals surface area contributed by atoms with E-state index < -0.39 is 11.7 Å². The van der Waals surface area contributed by atoms with Gasteiger partial charge in [-0.1, -0.05) is 0 Å². The molecule has 8 heteroatoms. The highest BCUT2D eigenvalue weighted by Gasteiger charge is 2.34. The molecular weight excluding hydrogens is 323 g/mol. The standard InChI is InChI=1S/C16H18F3N3O2/c1-3-24-14-8-21(2)7-13(14)22-9-20-12-6-10(16(17,18)19)4-5-11(12)15(22)23/h4-6,9,13-14H,3,7-8H2,1-2H3/t13-,14-/m0/s1. The molecule has 1 aromatic heterocycles. The number of likely N-dealkylation sites (tertiary alicyclic amines) is 1. The molecule has 0 aliphatic carbocycles. The van der Waals surface area contributed by atoms with Crippen molar-refractivity contribution in [2.45, 2.75) is 25.2 Å². The van der Waals surface area contributed by atoms with Crippen LogP contribution in [0.1, 0.15) is 18.5 Å². The molecule has 130 valence electrons. The van der Waals surface area contributed by atoms with Crippen molar-refractivity contribution in [1.82, 2.24) is 14.5 Å². The van der Waals surface area contributed by atoms with Crippen LogP contribution in [0.25, 0.3) is 10.9 Å². The average Bonchev–Trinajstić information content (AvgIpc) is 2.87. The van der Waals surface area contributed by atoms with Crippen LogP contribution < -0.4 is 5.56 Å². The second-order valence-electron chi connectivity index (χ2n) is 5.97. The van der Waals surface area contributed by atoms with Crippen LogP contribution in [-0.2, 0) is 10.9 Å². The van der Waals surface area contributed by atoms with E-state index >= 15 is 0 Å². The minimum absolute atomic E-state index is 0.0467. The van der Waals surface area contributed by atoms with E-state index in [-0.39, 0.29) is 28.6 Å². The van der Waals surface area contributed by atoms with E-state index in [1.54, 1.807) is 0 Å². The first-order chi connectivity index (χ1) is 11.3. The highest BCUT2D eigenvalue weighted by Crippen LogP contribution is 2.30. The summed E-state index contributed by atoms with van der Waals surface area (Å²) >= 11 is 0. The van der Waals surface area contributed by atoms with E-state index in [9.17, 15) is 18.0 Å². The third-order valence-electron chi connectivity index (χ3n) is 4.27. The summed E-state index contributed by atoms with van der Waals surface area (Å²) in [7, 11) is 1.93. The highest BCUT2D eigenvalue weighted by molar-refractivity contribution is 5.78. The van der Waals surface area contributed by atoms with Gasteiger partial charge in [0, 0.05) is 19.7 Å². The first kappa shape index (κ1) is 16.9. The maximum absolute atomic E-state index is 12.8. The van der Waals surface area contributed by atoms with Gasteiger partial charge < -0.3 is 9.64 Å². The van der Waals surface area contributed by atoms with E-state index in [1.165, 1.54) is 17.0 Å². The Morgan fingerprint density at radius 2 is 2.08 bits per heavy atom. The van der Waals surface area contributed by atoms with E-state index in [4.69, 9.17) is 4.74 Å². The molecule has 0 spiro atoms. The van der Waals surface area contributed by atoms with E-state index in [2.05, 4.69) is 4.98 Å². The van der Waals surface area contributed by atoms with E-state index in [0.29, 0.717) is 19.7 Å². The maximum atomic E-state index is 12.8. The second kappa shape index (κ2) is 6.18. The Kier molecular flexibility index (Phi) is 4.35. The molecule has 1 aromatic carbocycles. The van der Waals surface area contributed by atoms with Gasteiger partial charge in [0.05, 0.1) is 34.9 Å². The van der Waals surface area contributed by atoms with Gasteiger partial charge in [0.1, 0.15) is 0 Å². The maximum Gasteiger partial charge on any atom is 0.416 e. The quantitative estimate of drug-likeness (QED) is 0.860. The van der Waals surface area contributed by atoms with E-state index in [1.807, 2.05) is 18.9 Å². The summed E-state index contributed by atoms with van der Waals surface area (Å²) in [6.45, 7) is 3.73. The molecule has 0 bridgehead atoms. The molecule has 0 N–H and O–H groups in total. The Morgan fingerprint density at radius 1 is 1.33 bits per heavy atom. The van der Waals surface area contributed by atoms with Gasteiger partial charge in [0.15, 0.2) is 0 Å². The number of aromatic nitrogens is 2. The number of benzene rings is 1. The third-order valence-corrected chi connectivity index (χ3v) is 4.27. The Morgan fingerprint density at radius 3 is 2.75 bits per heavy atom. The number of halogens is 3. The van der Waals surface area contributed by atoms with Crippen molar-refractivity contribution in [3.63, 3.8) is 0 Å². The van der Waals surface area contributed by atoms with Crippen molar-refractivity contribution in [1.29, 1.82) is 0 Å². The smallest absolute Gasteiger partial charge is 0.375 e. The zero-order valence-electron chi connectivity index (χ0n) is 13.4. The predicted octanol–water partition coefficient (Wildman–Crippen LogP) is 2.31.